The first-order valence-corrected chi connectivity index (χ1v) is 9.14. The second-order valence-corrected chi connectivity index (χ2v) is 7.64. The van der Waals surface area contributed by atoms with E-state index >= 15 is 0 Å². The van der Waals surface area contributed by atoms with Crippen LogP contribution in [0.1, 0.15) is 13.3 Å². The van der Waals surface area contributed by atoms with E-state index in [9.17, 15) is 0 Å². The molecule has 0 bridgehead atoms. The Bertz CT molecular complexity index is 669. The molecule has 0 spiro atoms. The second-order valence-electron chi connectivity index (χ2n) is 4.90. The van der Waals surface area contributed by atoms with Crippen molar-refractivity contribution >= 4 is 61.0 Å². The van der Waals surface area contributed by atoms with E-state index in [1.54, 1.807) is 6.20 Å². The van der Waals surface area contributed by atoms with Gasteiger partial charge in [-0.15, -0.1) is 0 Å². The number of hydrogen-bond donors (Lipinski definition) is 0. The Morgan fingerprint density at radius 2 is 2.33 bits per heavy atom. The van der Waals surface area contributed by atoms with Crippen LogP contribution in [0.5, 0.6) is 5.75 Å². The van der Waals surface area contributed by atoms with Crippen LogP contribution in [0.4, 0.5) is 0 Å². The van der Waals surface area contributed by atoms with Crippen molar-refractivity contribution in [1.29, 1.82) is 0 Å². The monoisotopic (exact) mass is 481 g/mol. The van der Waals surface area contributed by atoms with Gasteiger partial charge < -0.3 is 9.47 Å². The predicted octanol–water partition coefficient (Wildman–Crippen LogP) is 4.81. The van der Waals surface area contributed by atoms with Gasteiger partial charge in [0.2, 0.25) is 0 Å². The SMILES string of the molecule is CCOC1C(Br)CC1Oc1c(I)cc(Cl)c2cccnc12. The highest BCUT2D eigenvalue weighted by atomic mass is 127. The first kappa shape index (κ1) is 15.8. The number of fused-ring (bicyclic) bond motifs is 1. The van der Waals surface area contributed by atoms with Gasteiger partial charge in [-0.2, -0.15) is 0 Å². The highest BCUT2D eigenvalue weighted by Crippen LogP contribution is 2.39. The van der Waals surface area contributed by atoms with Crippen LogP contribution in [0.2, 0.25) is 5.02 Å². The van der Waals surface area contributed by atoms with Crippen LogP contribution in [0.3, 0.4) is 0 Å². The summed E-state index contributed by atoms with van der Waals surface area (Å²) in [5.74, 6) is 0.796. The first-order valence-electron chi connectivity index (χ1n) is 6.77. The van der Waals surface area contributed by atoms with Gasteiger partial charge in [0.05, 0.1) is 8.59 Å². The molecule has 1 saturated carbocycles. The average Bonchev–Trinajstić information content (AvgIpc) is 2.48. The van der Waals surface area contributed by atoms with Crippen molar-refractivity contribution in [2.24, 2.45) is 0 Å². The van der Waals surface area contributed by atoms with Crippen molar-refractivity contribution in [2.75, 3.05) is 6.61 Å². The van der Waals surface area contributed by atoms with E-state index in [1.165, 1.54) is 0 Å². The summed E-state index contributed by atoms with van der Waals surface area (Å²) in [5, 5.41) is 1.61. The van der Waals surface area contributed by atoms with Crippen molar-refractivity contribution in [3.05, 3.63) is 33.0 Å². The maximum absolute atomic E-state index is 6.29. The van der Waals surface area contributed by atoms with E-state index in [-0.39, 0.29) is 12.2 Å². The van der Waals surface area contributed by atoms with Gasteiger partial charge in [0.15, 0.2) is 5.75 Å². The Morgan fingerprint density at radius 1 is 1.52 bits per heavy atom. The molecule has 21 heavy (non-hydrogen) atoms. The minimum absolute atomic E-state index is 0.0502. The number of nitrogens with zero attached hydrogens (tertiary/aromatic N) is 1. The van der Waals surface area contributed by atoms with Crippen LogP contribution in [0, 0.1) is 3.57 Å². The molecule has 0 amide bonds. The van der Waals surface area contributed by atoms with Crippen molar-refractivity contribution in [3.63, 3.8) is 0 Å². The molecular formula is C15H14BrClINO2. The van der Waals surface area contributed by atoms with Crippen molar-refractivity contribution in [3.8, 4) is 5.75 Å². The lowest BCUT2D eigenvalue weighted by molar-refractivity contribution is -0.0721. The Hall–Kier alpha value is -0.110. The van der Waals surface area contributed by atoms with E-state index in [2.05, 4.69) is 43.5 Å². The molecule has 1 fully saturated rings. The van der Waals surface area contributed by atoms with Gasteiger partial charge >= 0.3 is 0 Å². The Morgan fingerprint density at radius 3 is 3.05 bits per heavy atom. The van der Waals surface area contributed by atoms with Crippen LogP contribution in [0.15, 0.2) is 24.4 Å². The fourth-order valence-electron chi connectivity index (χ4n) is 2.46. The summed E-state index contributed by atoms with van der Waals surface area (Å²) in [4.78, 5) is 4.79. The number of ether oxygens (including phenoxy) is 2. The summed E-state index contributed by atoms with van der Waals surface area (Å²) in [6.07, 6.45) is 2.82. The first-order chi connectivity index (χ1) is 10.1. The van der Waals surface area contributed by atoms with E-state index in [0.29, 0.717) is 16.5 Å². The molecule has 3 rings (SSSR count). The molecule has 0 aliphatic heterocycles. The topological polar surface area (TPSA) is 31.4 Å². The Balaban J connectivity index is 1.94. The third-order valence-corrected chi connectivity index (χ3v) is 5.57. The van der Waals surface area contributed by atoms with Gasteiger partial charge in [-0.25, -0.2) is 0 Å². The van der Waals surface area contributed by atoms with Gasteiger partial charge in [0.25, 0.3) is 0 Å². The lowest BCUT2D eigenvalue weighted by Gasteiger charge is -2.41. The maximum Gasteiger partial charge on any atom is 0.159 e. The number of halogens is 3. The van der Waals surface area contributed by atoms with Gasteiger partial charge in [-0.05, 0) is 47.7 Å². The second kappa shape index (κ2) is 6.56. The fourth-order valence-corrected chi connectivity index (χ4v) is 4.46. The quantitative estimate of drug-likeness (QED) is 0.463. The molecule has 6 heteroatoms. The lowest BCUT2D eigenvalue weighted by Crippen LogP contribution is -2.52. The summed E-state index contributed by atoms with van der Waals surface area (Å²) in [6.45, 7) is 2.68. The van der Waals surface area contributed by atoms with E-state index in [1.807, 2.05) is 25.1 Å². The maximum atomic E-state index is 6.29. The van der Waals surface area contributed by atoms with E-state index < -0.39 is 0 Å². The molecule has 0 radical (unpaired) electrons. The zero-order valence-electron chi connectivity index (χ0n) is 11.4. The highest BCUT2D eigenvalue weighted by Gasteiger charge is 2.42. The molecule has 0 N–H and O–H groups in total. The molecule has 112 valence electrons. The van der Waals surface area contributed by atoms with Crippen LogP contribution in [0.25, 0.3) is 10.9 Å². The van der Waals surface area contributed by atoms with Crippen LogP contribution in [-0.4, -0.2) is 28.6 Å². The molecule has 2 aromatic rings. The third kappa shape index (κ3) is 3.02. The van der Waals surface area contributed by atoms with Crippen molar-refractivity contribution < 1.29 is 9.47 Å². The zero-order chi connectivity index (χ0) is 15.0. The summed E-state index contributed by atoms with van der Waals surface area (Å²) in [7, 11) is 0. The molecule has 3 unspecified atom stereocenters. The van der Waals surface area contributed by atoms with Crippen LogP contribution >= 0.6 is 50.1 Å². The minimum atomic E-state index is 0.0502. The fraction of sp³-hybridized carbons (Fsp3) is 0.400. The number of hydrogen-bond acceptors (Lipinski definition) is 3. The molecule has 3 nitrogen and oxygen atoms in total. The summed E-state index contributed by atoms with van der Waals surface area (Å²) >= 11 is 12.1. The number of rotatable bonds is 4. The highest BCUT2D eigenvalue weighted by molar-refractivity contribution is 14.1. The molecule has 3 atom stereocenters. The van der Waals surface area contributed by atoms with Crippen LogP contribution in [-0.2, 0) is 4.74 Å². The van der Waals surface area contributed by atoms with E-state index in [0.717, 1.165) is 26.6 Å². The van der Waals surface area contributed by atoms with Gasteiger partial charge in [0.1, 0.15) is 17.7 Å². The standard InChI is InChI=1S/C15H14BrClINO2/c1-2-20-14-9(16)6-12(14)21-15-11(18)7-10(17)8-4-3-5-19-13(8)15/h3-5,7,9,12,14H,2,6H2,1H3. The summed E-state index contributed by atoms with van der Waals surface area (Å²) < 4.78 is 12.9. The van der Waals surface area contributed by atoms with Crippen LogP contribution < -0.4 is 4.74 Å². The van der Waals surface area contributed by atoms with E-state index in [4.69, 9.17) is 21.1 Å². The van der Waals surface area contributed by atoms with Crippen molar-refractivity contribution in [1.82, 2.24) is 4.98 Å². The number of aromatic nitrogens is 1. The number of benzene rings is 1. The Labute approximate surface area is 150 Å². The average molecular weight is 483 g/mol. The van der Waals surface area contributed by atoms with Crippen molar-refractivity contribution in [2.45, 2.75) is 30.4 Å². The summed E-state index contributed by atoms with van der Waals surface area (Å²) in [5.41, 5.74) is 0.808. The lowest BCUT2D eigenvalue weighted by atomic mass is 9.91. The van der Waals surface area contributed by atoms with Gasteiger partial charge in [-0.1, -0.05) is 27.5 Å². The molecule has 1 aromatic carbocycles. The third-order valence-electron chi connectivity index (χ3n) is 3.56. The van der Waals surface area contributed by atoms with Gasteiger partial charge in [-0.3, -0.25) is 4.98 Å². The normalized spacial score (nSPS) is 24.9. The number of pyridine rings is 1. The summed E-state index contributed by atoms with van der Waals surface area (Å²) in [6, 6.07) is 5.76. The largest absolute Gasteiger partial charge is 0.484 e. The molecule has 0 saturated heterocycles. The molecular weight excluding hydrogens is 468 g/mol. The predicted molar refractivity (Wildman–Crippen MR) is 96.6 cm³/mol. The molecule has 1 heterocycles. The molecule has 1 aliphatic carbocycles. The van der Waals surface area contributed by atoms with Gasteiger partial charge in [0, 0.05) is 29.4 Å². The molecule has 1 aliphatic rings. The zero-order valence-corrected chi connectivity index (χ0v) is 15.9. The molecule has 1 aromatic heterocycles. The Kier molecular flexibility index (Phi) is 4.93. The minimum Gasteiger partial charge on any atom is -0.484 e. The number of alkyl halides is 1. The smallest absolute Gasteiger partial charge is 0.159 e.